The molecule has 2 atom stereocenters. The Bertz CT molecular complexity index is 907. The lowest BCUT2D eigenvalue weighted by Crippen LogP contribution is -2.45. The van der Waals surface area contributed by atoms with Crippen molar-refractivity contribution in [1.82, 2.24) is 14.5 Å². The summed E-state index contributed by atoms with van der Waals surface area (Å²) in [6.45, 7) is 3.62. The highest BCUT2D eigenvalue weighted by atomic mass is 19.4. The summed E-state index contributed by atoms with van der Waals surface area (Å²) >= 11 is 0. The first kappa shape index (κ1) is 22.9. The number of hydrogen-bond acceptors (Lipinski definition) is 4. The standard InChI is InChI=1S/C20H25F4N5O2/c1-13-9-29(10-14(2)31-13)17-5-4-15(8-16(17)21)26-19(30)27(3)11-18-25-6-7-28(18)12-20(22,23)24/h4-8,13-14H,9-12H2,1-3H3,(H,26,30). The number of carbonyl (C=O) groups excluding carboxylic acids is 1. The van der Waals surface area contributed by atoms with E-state index in [-0.39, 0.29) is 30.3 Å². The van der Waals surface area contributed by atoms with Crippen LogP contribution in [0.5, 0.6) is 0 Å². The molecule has 1 aliphatic rings. The molecule has 0 radical (unpaired) electrons. The number of benzene rings is 1. The summed E-state index contributed by atoms with van der Waals surface area (Å²) < 4.78 is 59.2. The SMILES string of the molecule is CC1CN(c2ccc(NC(=O)N(C)Cc3nccn3CC(F)(F)F)cc2F)CC(C)O1. The fourth-order valence-corrected chi connectivity index (χ4v) is 3.55. The Morgan fingerprint density at radius 2 is 1.97 bits per heavy atom. The molecule has 7 nitrogen and oxygen atoms in total. The Labute approximate surface area is 177 Å². The van der Waals surface area contributed by atoms with Crippen LogP contribution in [0, 0.1) is 5.82 Å². The summed E-state index contributed by atoms with van der Waals surface area (Å²) in [7, 11) is 1.42. The summed E-state index contributed by atoms with van der Waals surface area (Å²) in [5.74, 6) is -0.394. The second-order valence-corrected chi connectivity index (χ2v) is 7.70. The zero-order valence-corrected chi connectivity index (χ0v) is 17.5. The molecule has 2 heterocycles. The van der Waals surface area contributed by atoms with Crippen LogP contribution in [-0.2, 0) is 17.8 Å². The molecular formula is C20H25F4N5O2. The van der Waals surface area contributed by atoms with Gasteiger partial charge in [-0.05, 0) is 32.0 Å². The minimum atomic E-state index is -4.40. The third-order valence-electron chi connectivity index (χ3n) is 4.84. The predicted molar refractivity (Wildman–Crippen MR) is 107 cm³/mol. The number of anilines is 2. The number of carbonyl (C=O) groups is 1. The molecule has 1 aromatic carbocycles. The summed E-state index contributed by atoms with van der Waals surface area (Å²) in [5.41, 5.74) is 0.661. The Hall–Kier alpha value is -2.82. The van der Waals surface area contributed by atoms with Gasteiger partial charge in [0.05, 0.1) is 24.4 Å². The lowest BCUT2D eigenvalue weighted by molar-refractivity contribution is -0.141. The number of morpholine rings is 1. The van der Waals surface area contributed by atoms with Crippen LogP contribution in [-0.4, -0.2) is 59.0 Å². The fourth-order valence-electron chi connectivity index (χ4n) is 3.55. The number of ether oxygens (including phenoxy) is 1. The minimum Gasteiger partial charge on any atom is -0.372 e. The smallest absolute Gasteiger partial charge is 0.372 e. The number of alkyl halides is 3. The van der Waals surface area contributed by atoms with Crippen molar-refractivity contribution in [1.29, 1.82) is 0 Å². The van der Waals surface area contributed by atoms with Crippen LogP contribution in [0.4, 0.5) is 33.7 Å². The van der Waals surface area contributed by atoms with Gasteiger partial charge in [-0.1, -0.05) is 0 Å². The van der Waals surface area contributed by atoms with E-state index in [0.717, 1.165) is 4.57 Å². The van der Waals surface area contributed by atoms with Crippen molar-refractivity contribution in [3.8, 4) is 0 Å². The maximum Gasteiger partial charge on any atom is 0.406 e. The summed E-state index contributed by atoms with van der Waals surface area (Å²) in [4.78, 5) is 19.4. The average molecular weight is 443 g/mol. The number of nitrogens with zero attached hydrogens (tertiary/aromatic N) is 4. The number of aromatic nitrogens is 2. The van der Waals surface area contributed by atoms with E-state index >= 15 is 0 Å². The molecule has 1 aromatic heterocycles. The summed E-state index contributed by atoms with van der Waals surface area (Å²) in [5, 5.41) is 2.55. The van der Waals surface area contributed by atoms with Crippen molar-refractivity contribution in [2.24, 2.45) is 0 Å². The van der Waals surface area contributed by atoms with Crippen LogP contribution in [0.2, 0.25) is 0 Å². The van der Waals surface area contributed by atoms with Crippen LogP contribution in [0.3, 0.4) is 0 Å². The molecule has 170 valence electrons. The molecule has 0 spiro atoms. The van der Waals surface area contributed by atoms with Gasteiger partial charge in [0.2, 0.25) is 0 Å². The maximum absolute atomic E-state index is 14.7. The largest absolute Gasteiger partial charge is 0.406 e. The third kappa shape index (κ3) is 6.09. The number of amides is 2. The normalized spacial score (nSPS) is 19.4. The lowest BCUT2D eigenvalue weighted by atomic mass is 10.2. The van der Waals surface area contributed by atoms with Crippen molar-refractivity contribution < 1.29 is 27.1 Å². The van der Waals surface area contributed by atoms with Crippen molar-refractivity contribution in [2.75, 3.05) is 30.4 Å². The molecule has 0 aliphatic carbocycles. The van der Waals surface area contributed by atoms with E-state index in [1.807, 2.05) is 18.7 Å². The zero-order valence-electron chi connectivity index (χ0n) is 17.5. The highest BCUT2D eigenvalue weighted by molar-refractivity contribution is 5.89. The highest BCUT2D eigenvalue weighted by Crippen LogP contribution is 2.26. The van der Waals surface area contributed by atoms with Gasteiger partial charge in [-0.3, -0.25) is 0 Å². The van der Waals surface area contributed by atoms with E-state index in [4.69, 9.17) is 4.74 Å². The van der Waals surface area contributed by atoms with Gasteiger partial charge in [-0.2, -0.15) is 13.2 Å². The van der Waals surface area contributed by atoms with Crippen molar-refractivity contribution in [3.63, 3.8) is 0 Å². The molecule has 0 saturated carbocycles. The van der Waals surface area contributed by atoms with E-state index in [1.165, 1.54) is 30.4 Å². The second-order valence-electron chi connectivity index (χ2n) is 7.70. The summed E-state index contributed by atoms with van der Waals surface area (Å²) in [6, 6.07) is 3.80. The second kappa shape index (κ2) is 9.13. The van der Waals surface area contributed by atoms with Crippen LogP contribution in [0.25, 0.3) is 0 Å². The van der Waals surface area contributed by atoms with E-state index < -0.39 is 24.6 Å². The number of halogens is 4. The molecule has 2 unspecified atom stereocenters. The van der Waals surface area contributed by atoms with Gasteiger partial charge in [0.25, 0.3) is 0 Å². The predicted octanol–water partition coefficient (Wildman–Crippen LogP) is 3.86. The number of imidazole rings is 1. The van der Waals surface area contributed by atoms with E-state index in [2.05, 4.69) is 10.3 Å². The molecule has 1 fully saturated rings. The topological polar surface area (TPSA) is 62.6 Å². The van der Waals surface area contributed by atoms with Crippen LogP contribution < -0.4 is 10.2 Å². The molecule has 11 heteroatoms. The average Bonchev–Trinajstić information content (AvgIpc) is 3.05. The monoisotopic (exact) mass is 443 g/mol. The van der Waals surface area contributed by atoms with Crippen molar-refractivity contribution >= 4 is 17.4 Å². The third-order valence-corrected chi connectivity index (χ3v) is 4.84. The molecule has 1 saturated heterocycles. The minimum absolute atomic E-state index is 0.0268. The molecule has 3 rings (SSSR count). The van der Waals surface area contributed by atoms with E-state index in [0.29, 0.717) is 18.8 Å². The van der Waals surface area contributed by atoms with Crippen LogP contribution in [0.15, 0.2) is 30.6 Å². The molecule has 1 aliphatic heterocycles. The molecule has 1 N–H and O–H groups in total. The summed E-state index contributed by atoms with van der Waals surface area (Å²) in [6.07, 6.45) is -2.00. The first-order valence-electron chi connectivity index (χ1n) is 9.80. The number of nitrogens with one attached hydrogen (secondary N) is 1. The number of urea groups is 1. The zero-order chi connectivity index (χ0) is 22.8. The van der Waals surface area contributed by atoms with Crippen molar-refractivity contribution in [2.45, 2.75) is 45.3 Å². The fraction of sp³-hybridized carbons (Fsp3) is 0.500. The molecule has 2 aromatic rings. The van der Waals surface area contributed by atoms with Gasteiger partial charge in [-0.15, -0.1) is 0 Å². The lowest BCUT2D eigenvalue weighted by Gasteiger charge is -2.37. The van der Waals surface area contributed by atoms with Crippen molar-refractivity contribution in [3.05, 3.63) is 42.2 Å². The Morgan fingerprint density at radius 3 is 2.58 bits per heavy atom. The highest BCUT2D eigenvalue weighted by Gasteiger charge is 2.29. The van der Waals surface area contributed by atoms with E-state index in [1.54, 1.807) is 12.1 Å². The Morgan fingerprint density at radius 1 is 1.29 bits per heavy atom. The van der Waals surface area contributed by atoms with Gasteiger partial charge < -0.3 is 24.4 Å². The molecular weight excluding hydrogens is 418 g/mol. The molecule has 31 heavy (non-hydrogen) atoms. The van der Waals surface area contributed by atoms with Gasteiger partial charge >= 0.3 is 12.2 Å². The maximum atomic E-state index is 14.7. The first-order chi connectivity index (χ1) is 14.5. The number of hydrogen-bond donors (Lipinski definition) is 1. The van der Waals surface area contributed by atoms with Gasteiger partial charge in [0, 0.05) is 38.2 Å². The van der Waals surface area contributed by atoms with Crippen LogP contribution >= 0.6 is 0 Å². The quantitative estimate of drug-likeness (QED) is 0.713. The Balaban J connectivity index is 1.63. The first-order valence-corrected chi connectivity index (χ1v) is 9.80. The van der Waals surface area contributed by atoms with Gasteiger partial charge in [0.1, 0.15) is 18.2 Å². The molecule has 0 bridgehead atoms. The van der Waals surface area contributed by atoms with Crippen LogP contribution in [0.1, 0.15) is 19.7 Å². The number of rotatable bonds is 5. The van der Waals surface area contributed by atoms with E-state index in [9.17, 15) is 22.4 Å². The van der Waals surface area contributed by atoms with Gasteiger partial charge in [0.15, 0.2) is 0 Å². The Kier molecular flexibility index (Phi) is 6.73. The van der Waals surface area contributed by atoms with Gasteiger partial charge in [-0.25, -0.2) is 14.2 Å². The molecule has 2 amide bonds.